The number of hydrogen-bond acceptors (Lipinski definition) is 2. The van der Waals surface area contributed by atoms with E-state index in [1.165, 1.54) is 6.07 Å². The summed E-state index contributed by atoms with van der Waals surface area (Å²) in [4.78, 5) is 0. The van der Waals surface area contributed by atoms with E-state index in [2.05, 4.69) is 25.2 Å². The molecular weight excluding hydrogens is 245 g/mol. The average Bonchev–Trinajstić information content (AvgIpc) is 2.27. The smallest absolute Gasteiger partial charge is 0.123 e. The zero-order valence-electron chi connectivity index (χ0n) is 10.8. The first-order chi connectivity index (χ1) is 8.44. The Balaban J connectivity index is 2.23. The van der Waals surface area contributed by atoms with Gasteiger partial charge in [-0.3, -0.25) is 0 Å². The molecule has 2 aromatic rings. The molecule has 0 unspecified atom stereocenters. The Bertz CT molecular complexity index is 585. The average molecular weight is 261 g/mol. The minimum absolute atomic E-state index is 0.122. The molecule has 0 aliphatic carbocycles. The number of fused-ring (bicyclic) bond motifs is 1. The predicted octanol–water partition coefficient (Wildman–Crippen LogP) is 4.84. The second-order valence-electron chi connectivity index (χ2n) is 5.19. The van der Waals surface area contributed by atoms with E-state index in [0.29, 0.717) is 0 Å². The van der Waals surface area contributed by atoms with Crippen LogP contribution in [0.5, 0.6) is 0 Å². The number of benzene rings is 2. The molecule has 94 valence electrons. The van der Waals surface area contributed by atoms with Crippen LogP contribution in [0.1, 0.15) is 26.3 Å². The van der Waals surface area contributed by atoms with Crippen LogP contribution in [0.15, 0.2) is 40.8 Å². The van der Waals surface area contributed by atoms with Crippen LogP contribution in [0, 0.1) is 5.82 Å². The summed E-state index contributed by atoms with van der Waals surface area (Å²) < 4.78 is 17.5. The van der Waals surface area contributed by atoms with E-state index in [1.807, 2.05) is 24.4 Å². The number of hydrogen-bond donors (Lipinski definition) is 0. The quantitative estimate of drug-likeness (QED) is 0.556. The van der Waals surface area contributed by atoms with Gasteiger partial charge in [0.2, 0.25) is 0 Å². The topological polar surface area (TPSA) is 12.4 Å². The molecule has 0 bridgehead atoms. The highest BCUT2D eigenvalue weighted by molar-refractivity contribution is 7.99. The van der Waals surface area contributed by atoms with Crippen molar-refractivity contribution in [2.75, 3.05) is 0 Å². The number of rotatable bonds is 2. The highest BCUT2D eigenvalue weighted by Gasteiger charge is 2.08. The van der Waals surface area contributed by atoms with Gasteiger partial charge in [-0.15, -0.1) is 0 Å². The molecule has 0 aliphatic heterocycles. The van der Waals surface area contributed by atoms with Gasteiger partial charge in [0, 0.05) is 11.0 Å². The van der Waals surface area contributed by atoms with Gasteiger partial charge in [0.1, 0.15) is 5.82 Å². The molecular formula is C15H16FNS. The lowest BCUT2D eigenvalue weighted by Gasteiger charge is -2.12. The van der Waals surface area contributed by atoms with Crippen molar-refractivity contribution in [3.05, 3.63) is 47.8 Å². The summed E-state index contributed by atoms with van der Waals surface area (Å²) in [5.41, 5.74) is 1.03. The van der Waals surface area contributed by atoms with E-state index < -0.39 is 0 Å². The second kappa shape index (κ2) is 5.11. The molecule has 0 saturated heterocycles. The van der Waals surface area contributed by atoms with Gasteiger partial charge in [-0.25, -0.2) is 8.79 Å². The van der Waals surface area contributed by atoms with Crippen molar-refractivity contribution in [2.45, 2.75) is 25.5 Å². The van der Waals surface area contributed by atoms with Gasteiger partial charge in [0.25, 0.3) is 0 Å². The van der Waals surface area contributed by atoms with Gasteiger partial charge in [0.15, 0.2) is 0 Å². The third kappa shape index (κ3) is 3.57. The van der Waals surface area contributed by atoms with Crippen LogP contribution in [-0.2, 0) is 0 Å². The van der Waals surface area contributed by atoms with Gasteiger partial charge < -0.3 is 0 Å². The van der Waals surface area contributed by atoms with E-state index >= 15 is 0 Å². The van der Waals surface area contributed by atoms with E-state index in [9.17, 15) is 4.39 Å². The Labute approximate surface area is 111 Å². The summed E-state index contributed by atoms with van der Waals surface area (Å²) in [5.74, 6) is -0.202. The van der Waals surface area contributed by atoms with Crippen molar-refractivity contribution < 1.29 is 4.39 Å². The maximum absolute atomic E-state index is 13.0. The molecule has 18 heavy (non-hydrogen) atoms. The summed E-state index contributed by atoms with van der Waals surface area (Å²) in [6.45, 7) is 6.37. The van der Waals surface area contributed by atoms with E-state index in [-0.39, 0.29) is 10.6 Å². The summed E-state index contributed by atoms with van der Waals surface area (Å²) in [6, 6.07) is 10.7. The molecule has 0 spiro atoms. The lowest BCUT2D eigenvalue weighted by molar-refractivity contribution is 0.630. The van der Waals surface area contributed by atoms with Crippen LogP contribution in [0.2, 0.25) is 0 Å². The largest absolute Gasteiger partial charge is 0.223 e. The fraction of sp³-hybridized carbons (Fsp3) is 0.267. The maximum Gasteiger partial charge on any atom is 0.123 e. The Morgan fingerprint density at radius 1 is 1.06 bits per heavy atom. The molecule has 0 heterocycles. The highest BCUT2D eigenvalue weighted by Crippen LogP contribution is 2.24. The molecule has 0 atom stereocenters. The maximum atomic E-state index is 13.0. The molecule has 0 N–H and O–H groups in total. The molecule has 0 radical (unpaired) electrons. The third-order valence-electron chi connectivity index (χ3n) is 2.35. The standard InChI is InChI=1S/C15H16FNS/c1-15(2,3)18-17-10-11-4-5-13-9-14(16)7-6-12(13)8-11/h4-10H,1-3H3. The molecule has 2 rings (SSSR count). The monoisotopic (exact) mass is 261 g/mol. The SMILES string of the molecule is CC(C)(C)SN=Cc1ccc2cc(F)ccc2c1. The molecule has 1 nitrogen and oxygen atoms in total. The van der Waals surface area contributed by atoms with Crippen molar-refractivity contribution in [2.24, 2.45) is 4.40 Å². The number of halogens is 1. The highest BCUT2D eigenvalue weighted by atomic mass is 32.2. The predicted molar refractivity (Wildman–Crippen MR) is 78.8 cm³/mol. The van der Waals surface area contributed by atoms with Crippen LogP contribution in [0.4, 0.5) is 4.39 Å². The van der Waals surface area contributed by atoms with Crippen LogP contribution < -0.4 is 0 Å². The molecule has 0 aliphatic rings. The Hall–Kier alpha value is -1.35. The van der Waals surface area contributed by atoms with Gasteiger partial charge in [-0.1, -0.05) is 18.2 Å². The van der Waals surface area contributed by atoms with Crippen LogP contribution in [0.25, 0.3) is 10.8 Å². The first-order valence-electron chi connectivity index (χ1n) is 5.85. The minimum Gasteiger partial charge on any atom is -0.223 e. The zero-order chi connectivity index (χ0) is 13.2. The molecule has 3 heteroatoms. The Kier molecular flexibility index (Phi) is 3.71. The van der Waals surface area contributed by atoms with Gasteiger partial charge >= 0.3 is 0 Å². The minimum atomic E-state index is -0.202. The summed E-state index contributed by atoms with van der Waals surface area (Å²) in [6.07, 6.45) is 1.85. The second-order valence-corrected chi connectivity index (χ2v) is 6.81. The molecule has 0 fully saturated rings. The van der Waals surface area contributed by atoms with Gasteiger partial charge in [0.05, 0.1) is 0 Å². The van der Waals surface area contributed by atoms with E-state index in [4.69, 9.17) is 0 Å². The van der Waals surface area contributed by atoms with E-state index in [0.717, 1.165) is 16.3 Å². The zero-order valence-corrected chi connectivity index (χ0v) is 11.6. The van der Waals surface area contributed by atoms with Crippen molar-refractivity contribution >= 4 is 28.9 Å². The number of nitrogens with zero attached hydrogens (tertiary/aromatic N) is 1. The Morgan fingerprint density at radius 3 is 2.44 bits per heavy atom. The first kappa shape index (κ1) is 13.1. The van der Waals surface area contributed by atoms with Gasteiger partial charge in [-0.2, -0.15) is 0 Å². The molecule has 0 aromatic heterocycles. The van der Waals surface area contributed by atoms with Crippen molar-refractivity contribution in [3.63, 3.8) is 0 Å². The summed E-state index contributed by atoms with van der Waals surface area (Å²) >= 11 is 1.55. The van der Waals surface area contributed by atoms with Crippen molar-refractivity contribution in [1.82, 2.24) is 0 Å². The fourth-order valence-corrected chi connectivity index (χ4v) is 2.05. The van der Waals surface area contributed by atoms with Crippen LogP contribution in [0.3, 0.4) is 0 Å². The Morgan fingerprint density at radius 2 is 1.72 bits per heavy atom. The van der Waals surface area contributed by atoms with Crippen molar-refractivity contribution in [3.8, 4) is 0 Å². The normalized spacial score (nSPS) is 12.4. The first-order valence-corrected chi connectivity index (χ1v) is 6.62. The molecule has 0 amide bonds. The third-order valence-corrected chi connectivity index (χ3v) is 3.11. The van der Waals surface area contributed by atoms with Crippen LogP contribution >= 0.6 is 11.9 Å². The fourth-order valence-electron chi connectivity index (χ4n) is 1.56. The lowest BCUT2D eigenvalue weighted by atomic mass is 10.1. The van der Waals surface area contributed by atoms with Crippen LogP contribution in [-0.4, -0.2) is 11.0 Å². The summed E-state index contributed by atoms with van der Waals surface area (Å²) in [7, 11) is 0. The summed E-state index contributed by atoms with van der Waals surface area (Å²) in [5, 5.41) is 1.94. The molecule has 0 saturated carbocycles. The van der Waals surface area contributed by atoms with Crippen molar-refractivity contribution in [1.29, 1.82) is 0 Å². The van der Waals surface area contributed by atoms with E-state index in [1.54, 1.807) is 24.1 Å². The molecule has 2 aromatic carbocycles. The van der Waals surface area contributed by atoms with Gasteiger partial charge in [-0.05, 0) is 67.3 Å². The lowest BCUT2D eigenvalue weighted by Crippen LogP contribution is -2.04.